The van der Waals surface area contributed by atoms with E-state index in [0.717, 1.165) is 0 Å². The minimum atomic E-state index is -1.78. The first-order valence-corrected chi connectivity index (χ1v) is 16.2. The van der Waals surface area contributed by atoms with Gasteiger partial charge in [0, 0.05) is 40.8 Å². The Labute approximate surface area is 294 Å². The quantitative estimate of drug-likeness (QED) is 0.0836. The topological polar surface area (TPSA) is 207 Å². The van der Waals surface area contributed by atoms with Crippen LogP contribution in [0.3, 0.4) is 0 Å². The van der Waals surface area contributed by atoms with Gasteiger partial charge in [0.25, 0.3) is 0 Å². The minimum absolute atomic E-state index is 0.0983. The number of amides is 6. The number of rotatable bonds is 10. The van der Waals surface area contributed by atoms with E-state index in [2.05, 4.69) is 36.1 Å². The second-order valence-electron chi connectivity index (χ2n) is 10.8. The van der Waals surface area contributed by atoms with Crippen molar-refractivity contribution in [3.63, 3.8) is 0 Å². The molecule has 2 atom stereocenters. The largest absolute Gasteiger partial charge is 0.506 e. The molecule has 0 radical (unpaired) electrons. The molecule has 0 aliphatic rings. The lowest BCUT2D eigenvalue weighted by Gasteiger charge is -2.13. The maximum Gasteiger partial charge on any atom is 0.323 e. The summed E-state index contributed by atoms with van der Waals surface area (Å²) in [5, 5.41) is 34.1. The number of hydrogen-bond acceptors (Lipinski definition) is 8. The Morgan fingerprint density at radius 3 is 1.31 bits per heavy atom. The molecule has 51 heavy (non-hydrogen) atoms. The summed E-state index contributed by atoms with van der Waals surface area (Å²) in [6.07, 6.45) is 0. The SMILES string of the molecule is CC(C)C(=O)Nc1ccc(NC(=O)Nc2ccc(F)cc2)c(O)c1.COS(=O)C(C)C(=O)Nc1ccc(NC(=O)Nc2ccc(F)cc2)c(O)c1. The summed E-state index contributed by atoms with van der Waals surface area (Å²) in [5.74, 6) is -2.23. The average molecular weight is 727 g/mol. The highest BCUT2D eigenvalue weighted by molar-refractivity contribution is 7.81. The van der Waals surface area contributed by atoms with Crippen LogP contribution in [0.4, 0.5) is 52.5 Å². The first-order chi connectivity index (χ1) is 24.1. The van der Waals surface area contributed by atoms with E-state index in [4.69, 9.17) is 0 Å². The Balaban J connectivity index is 0.000000277. The Bertz CT molecular complexity index is 1880. The third-order valence-electron chi connectivity index (χ3n) is 6.58. The van der Waals surface area contributed by atoms with Gasteiger partial charge >= 0.3 is 12.1 Å². The average Bonchev–Trinajstić information content (AvgIpc) is 3.08. The molecule has 0 spiro atoms. The lowest BCUT2D eigenvalue weighted by molar-refractivity contribution is -0.119. The van der Waals surface area contributed by atoms with Gasteiger partial charge in [-0.2, -0.15) is 0 Å². The van der Waals surface area contributed by atoms with Gasteiger partial charge in [-0.3, -0.25) is 13.8 Å². The first kappa shape index (κ1) is 39.4. The molecule has 0 aliphatic heterocycles. The smallest absolute Gasteiger partial charge is 0.323 e. The summed E-state index contributed by atoms with van der Waals surface area (Å²) >= 11 is -1.78. The van der Waals surface area contributed by atoms with Crippen LogP contribution in [0, 0.1) is 17.6 Å². The first-order valence-electron chi connectivity index (χ1n) is 15.0. The number of aromatic hydroxyl groups is 2. The van der Waals surface area contributed by atoms with E-state index in [1.165, 1.54) is 92.9 Å². The Morgan fingerprint density at radius 1 is 0.588 bits per heavy atom. The molecule has 270 valence electrons. The van der Waals surface area contributed by atoms with Crippen LogP contribution < -0.4 is 31.9 Å². The van der Waals surface area contributed by atoms with Crippen molar-refractivity contribution < 1.29 is 46.6 Å². The fraction of sp³-hybridized carbons (Fsp3) is 0.176. The van der Waals surface area contributed by atoms with E-state index in [0.29, 0.717) is 17.1 Å². The van der Waals surface area contributed by atoms with E-state index in [-0.39, 0.29) is 40.4 Å². The van der Waals surface area contributed by atoms with E-state index >= 15 is 0 Å². The van der Waals surface area contributed by atoms with Gasteiger partial charge in [0.05, 0.1) is 18.5 Å². The van der Waals surface area contributed by atoms with Gasteiger partial charge in [0.1, 0.15) is 28.4 Å². The zero-order valence-electron chi connectivity index (χ0n) is 27.7. The summed E-state index contributed by atoms with van der Waals surface area (Å²) in [4.78, 5) is 47.4. The van der Waals surface area contributed by atoms with Crippen molar-refractivity contribution in [2.45, 2.75) is 26.0 Å². The second kappa shape index (κ2) is 18.6. The molecule has 0 aromatic heterocycles. The number of urea groups is 2. The second-order valence-corrected chi connectivity index (χ2v) is 12.4. The number of phenols is 2. The standard InChI is InChI=1S/C17H18FN3O5S.C17H18FN3O3/c1-10(27(25)26-2)16(23)19-13-7-8-14(15(22)9-13)21-17(24)20-12-5-3-11(18)4-6-12;1-10(2)16(23)19-13-7-8-14(15(22)9-13)21-17(24)20-12-5-3-11(18)4-6-12/h3-10,22H,1-2H3,(H,19,23)(H2,20,21,24);3-10,22H,1-2H3,(H,19,23)(H2,20,21,24). The van der Waals surface area contributed by atoms with E-state index < -0.39 is 45.9 Å². The normalized spacial score (nSPS) is 11.6. The number of benzene rings is 4. The van der Waals surface area contributed by atoms with Crippen molar-refractivity contribution in [3.05, 3.63) is 96.6 Å². The third kappa shape index (κ3) is 12.7. The lowest BCUT2D eigenvalue weighted by Crippen LogP contribution is -2.29. The van der Waals surface area contributed by atoms with Crippen LogP contribution in [-0.4, -0.2) is 50.7 Å². The molecule has 0 heterocycles. The summed E-state index contributed by atoms with van der Waals surface area (Å²) < 4.78 is 41.7. The molecule has 4 rings (SSSR count). The Kier molecular flexibility index (Phi) is 14.4. The van der Waals surface area contributed by atoms with Crippen LogP contribution >= 0.6 is 0 Å². The number of hydrogen-bond donors (Lipinski definition) is 8. The van der Waals surface area contributed by atoms with Gasteiger partial charge in [-0.05, 0) is 79.7 Å². The van der Waals surface area contributed by atoms with Crippen LogP contribution in [0.15, 0.2) is 84.9 Å². The molecule has 0 bridgehead atoms. The van der Waals surface area contributed by atoms with Crippen molar-refractivity contribution in [1.29, 1.82) is 0 Å². The van der Waals surface area contributed by atoms with E-state index in [9.17, 15) is 42.4 Å². The van der Waals surface area contributed by atoms with Crippen LogP contribution in [0.25, 0.3) is 0 Å². The van der Waals surface area contributed by atoms with Gasteiger partial charge in [0.2, 0.25) is 11.8 Å². The molecule has 14 nitrogen and oxygen atoms in total. The number of phenolic OH excluding ortho intramolecular Hbond substituents is 2. The van der Waals surface area contributed by atoms with E-state index in [1.54, 1.807) is 19.9 Å². The van der Waals surface area contributed by atoms with Crippen molar-refractivity contribution >= 4 is 69.1 Å². The van der Waals surface area contributed by atoms with Crippen molar-refractivity contribution in [3.8, 4) is 11.5 Å². The molecule has 6 amide bonds. The van der Waals surface area contributed by atoms with Crippen molar-refractivity contribution in [1.82, 2.24) is 0 Å². The molecule has 0 fully saturated rings. The highest BCUT2D eigenvalue weighted by Crippen LogP contribution is 2.28. The predicted molar refractivity (Wildman–Crippen MR) is 191 cm³/mol. The van der Waals surface area contributed by atoms with Gasteiger partial charge in [-0.15, -0.1) is 0 Å². The van der Waals surface area contributed by atoms with E-state index in [1.807, 2.05) is 0 Å². The zero-order valence-corrected chi connectivity index (χ0v) is 28.6. The molecule has 0 saturated carbocycles. The summed E-state index contributed by atoms with van der Waals surface area (Å²) in [6.45, 7) is 4.94. The number of carbonyl (C=O) groups excluding carboxylic acids is 4. The Morgan fingerprint density at radius 2 is 0.961 bits per heavy atom. The van der Waals surface area contributed by atoms with Crippen LogP contribution in [0.1, 0.15) is 20.8 Å². The molecule has 4 aromatic carbocycles. The Hall–Kier alpha value is -6.07. The molecule has 4 aromatic rings. The molecule has 2 unspecified atom stereocenters. The van der Waals surface area contributed by atoms with Crippen molar-refractivity contribution in [2.75, 3.05) is 39.0 Å². The number of halogens is 2. The van der Waals surface area contributed by atoms with Gasteiger partial charge < -0.3 is 42.1 Å². The summed E-state index contributed by atoms with van der Waals surface area (Å²) in [7, 11) is 1.23. The van der Waals surface area contributed by atoms with Crippen LogP contribution in [0.2, 0.25) is 0 Å². The number of carbonyl (C=O) groups is 4. The van der Waals surface area contributed by atoms with Gasteiger partial charge in [0.15, 0.2) is 11.1 Å². The third-order valence-corrected chi connectivity index (χ3v) is 7.70. The molecular formula is C34H36F2N6O8S. The van der Waals surface area contributed by atoms with Gasteiger partial charge in [-0.1, -0.05) is 13.8 Å². The van der Waals surface area contributed by atoms with Crippen molar-refractivity contribution in [2.24, 2.45) is 5.92 Å². The molecule has 0 aliphatic carbocycles. The fourth-order valence-corrected chi connectivity index (χ4v) is 4.35. The highest BCUT2D eigenvalue weighted by atomic mass is 32.2. The number of nitrogens with one attached hydrogen (secondary N) is 6. The summed E-state index contributed by atoms with van der Waals surface area (Å²) in [6, 6.07) is 17.7. The van der Waals surface area contributed by atoms with Gasteiger partial charge in [-0.25, -0.2) is 22.6 Å². The highest BCUT2D eigenvalue weighted by Gasteiger charge is 2.20. The molecule has 8 N–H and O–H groups in total. The monoisotopic (exact) mass is 726 g/mol. The molecule has 0 saturated heterocycles. The minimum Gasteiger partial charge on any atom is -0.506 e. The molecular weight excluding hydrogens is 690 g/mol. The van der Waals surface area contributed by atoms with Crippen LogP contribution in [0.5, 0.6) is 11.5 Å². The molecule has 17 heteroatoms. The fourth-order valence-electron chi connectivity index (χ4n) is 3.83. The maximum absolute atomic E-state index is 12.9. The zero-order chi connectivity index (χ0) is 37.7. The number of anilines is 6. The summed E-state index contributed by atoms with van der Waals surface area (Å²) in [5.41, 5.74) is 1.74. The lowest BCUT2D eigenvalue weighted by atomic mass is 10.2. The predicted octanol–water partition coefficient (Wildman–Crippen LogP) is 6.58. The maximum atomic E-state index is 12.9. The van der Waals surface area contributed by atoms with Crippen LogP contribution in [-0.2, 0) is 24.9 Å².